The molecule has 3 aromatic rings. The highest BCUT2D eigenvalue weighted by molar-refractivity contribution is 6.19. The molecule has 0 aliphatic carbocycles. The summed E-state index contributed by atoms with van der Waals surface area (Å²) >= 11 is 0. The number of amides is 2. The Balaban J connectivity index is 1.58. The third-order valence-electron chi connectivity index (χ3n) is 8.97. The van der Waals surface area contributed by atoms with Crippen LogP contribution in [0.1, 0.15) is 39.9 Å². The average Bonchev–Trinajstić information content (AvgIpc) is 3.63. The Morgan fingerprint density at radius 3 is 2.58 bits per heavy atom. The van der Waals surface area contributed by atoms with Gasteiger partial charge in [0.05, 0.1) is 10.8 Å². The molecule has 2 fully saturated rings. The minimum atomic E-state index is -1.45. The van der Waals surface area contributed by atoms with E-state index in [4.69, 9.17) is 0 Å². The number of aryl methyl sites for hydroxylation is 1. The fraction of sp³-hybridized carbons (Fsp3) is 0.276. The average molecular weight is 509 g/mol. The summed E-state index contributed by atoms with van der Waals surface area (Å²) in [6.07, 6.45) is 1.41. The number of benzene rings is 3. The Labute approximate surface area is 218 Å². The molecule has 2 saturated heterocycles. The molecule has 4 atom stereocenters. The quantitative estimate of drug-likeness (QED) is 0.314. The van der Waals surface area contributed by atoms with E-state index in [1.807, 2.05) is 49.4 Å². The van der Waals surface area contributed by atoms with Crippen molar-refractivity contribution in [1.29, 1.82) is 0 Å². The van der Waals surface area contributed by atoms with Gasteiger partial charge in [0.1, 0.15) is 11.0 Å². The molecule has 9 heteroatoms. The number of nitro groups is 1. The molecule has 4 heterocycles. The lowest BCUT2D eigenvalue weighted by atomic mass is 9.60. The maximum Gasteiger partial charge on any atom is 0.270 e. The van der Waals surface area contributed by atoms with E-state index in [1.54, 1.807) is 0 Å². The minimum absolute atomic E-state index is 0.107. The van der Waals surface area contributed by atoms with Gasteiger partial charge >= 0.3 is 0 Å². The lowest BCUT2D eigenvalue weighted by Gasteiger charge is -2.38. The number of carbonyl (C=O) groups is 3. The summed E-state index contributed by atoms with van der Waals surface area (Å²) in [6.45, 7) is 2.45. The number of para-hydroxylation sites is 2. The fourth-order valence-electron chi connectivity index (χ4n) is 7.66. The Morgan fingerprint density at radius 2 is 1.76 bits per heavy atom. The van der Waals surface area contributed by atoms with Crippen molar-refractivity contribution < 1.29 is 19.3 Å². The third kappa shape index (κ3) is 2.51. The summed E-state index contributed by atoms with van der Waals surface area (Å²) in [7, 11) is 0. The second kappa shape index (κ2) is 7.58. The molecule has 2 amide bonds. The molecule has 190 valence electrons. The number of fused-ring (bicyclic) bond motifs is 7. The van der Waals surface area contributed by atoms with Crippen LogP contribution in [0.15, 0.2) is 66.7 Å². The highest BCUT2D eigenvalue weighted by Crippen LogP contribution is 2.66. The highest BCUT2D eigenvalue weighted by Gasteiger charge is 2.78. The van der Waals surface area contributed by atoms with Crippen LogP contribution >= 0.6 is 0 Å². The van der Waals surface area contributed by atoms with Crippen LogP contribution in [0.2, 0.25) is 0 Å². The number of carbonyl (C=O) groups excluding carboxylic acids is 3. The Morgan fingerprint density at radius 1 is 1.00 bits per heavy atom. The summed E-state index contributed by atoms with van der Waals surface area (Å²) in [5.74, 6) is -2.26. The van der Waals surface area contributed by atoms with Crippen molar-refractivity contribution in [3.63, 3.8) is 0 Å². The lowest BCUT2D eigenvalue weighted by Crippen LogP contribution is -2.55. The maximum absolute atomic E-state index is 14.8. The van der Waals surface area contributed by atoms with Crippen LogP contribution in [0.25, 0.3) is 0 Å². The monoisotopic (exact) mass is 508 g/mol. The first-order valence-corrected chi connectivity index (χ1v) is 12.7. The molecular formula is C29H24N4O5. The number of nitrogens with one attached hydrogen (secondary N) is 2. The van der Waals surface area contributed by atoms with Crippen molar-refractivity contribution in [1.82, 2.24) is 4.90 Å². The number of nitrogens with zero attached hydrogens (tertiary/aromatic N) is 2. The van der Waals surface area contributed by atoms with Crippen LogP contribution < -0.4 is 10.6 Å². The first-order valence-electron chi connectivity index (χ1n) is 12.7. The zero-order valence-electron chi connectivity index (χ0n) is 20.6. The summed E-state index contributed by atoms with van der Waals surface area (Å²) in [5.41, 5.74) is 0.600. The number of nitro benzene ring substituents is 1. The third-order valence-corrected chi connectivity index (χ3v) is 8.97. The van der Waals surface area contributed by atoms with Gasteiger partial charge in [0.25, 0.3) is 5.69 Å². The van der Waals surface area contributed by atoms with Gasteiger partial charge in [-0.2, -0.15) is 0 Å². The van der Waals surface area contributed by atoms with Gasteiger partial charge in [0.15, 0.2) is 5.78 Å². The van der Waals surface area contributed by atoms with Crippen molar-refractivity contribution in [2.24, 2.45) is 5.92 Å². The molecule has 38 heavy (non-hydrogen) atoms. The molecule has 0 saturated carbocycles. The Bertz CT molecular complexity index is 1600. The number of hydrogen-bond donors (Lipinski definition) is 2. The van der Waals surface area contributed by atoms with Gasteiger partial charge in [-0.15, -0.1) is 0 Å². The van der Waals surface area contributed by atoms with Gasteiger partial charge < -0.3 is 10.6 Å². The van der Waals surface area contributed by atoms with Gasteiger partial charge in [0.2, 0.25) is 11.8 Å². The SMILES string of the molecule is Cc1cccc2c1NC(=O)[C@@]21[C@H](C(=O)c2cccc([N+](=O)[O-])c2)[C@@]2(C(=O)Nc3ccccc32)[C@@H]2CCCN21. The lowest BCUT2D eigenvalue weighted by molar-refractivity contribution is -0.384. The predicted octanol–water partition coefficient (Wildman–Crippen LogP) is 3.92. The minimum Gasteiger partial charge on any atom is -0.325 e. The van der Waals surface area contributed by atoms with Crippen LogP contribution in [0.5, 0.6) is 0 Å². The molecule has 4 aliphatic rings. The van der Waals surface area contributed by atoms with Crippen molar-refractivity contribution in [3.8, 4) is 0 Å². The number of anilines is 2. The van der Waals surface area contributed by atoms with Crippen LogP contribution in [-0.4, -0.2) is 40.0 Å². The van der Waals surface area contributed by atoms with Gasteiger partial charge in [-0.1, -0.05) is 48.5 Å². The van der Waals surface area contributed by atoms with E-state index in [0.717, 1.165) is 12.0 Å². The standard InChI is InChI=1S/C29H24N4O5/c1-16-7-4-11-20-23(16)31-27(36)29(20)25(24(34)17-8-5-9-18(15-17)33(37)38)28(22-13-6-14-32(22)29)19-10-2-3-12-21(19)30-26(28)35/h2-5,7-12,15,22,25H,6,13-14H2,1H3,(H,30,35)(H,31,36)/t22-,25+,28-,29-/m0/s1. The van der Waals surface area contributed by atoms with Gasteiger partial charge in [-0.05, 0) is 43.5 Å². The molecule has 9 nitrogen and oxygen atoms in total. The largest absolute Gasteiger partial charge is 0.325 e. The number of Topliss-reactive ketones (excluding diaryl/α,β-unsaturated/α-hetero) is 1. The molecule has 0 aromatic heterocycles. The first-order chi connectivity index (χ1) is 18.3. The zero-order valence-corrected chi connectivity index (χ0v) is 20.6. The van der Waals surface area contributed by atoms with Crippen LogP contribution in [0, 0.1) is 23.0 Å². The van der Waals surface area contributed by atoms with Crippen molar-refractivity contribution >= 4 is 34.7 Å². The second-order valence-electron chi connectivity index (χ2n) is 10.5. The number of hydrogen-bond acceptors (Lipinski definition) is 6. The molecule has 3 aromatic carbocycles. The van der Waals surface area contributed by atoms with Crippen LogP contribution in [0.3, 0.4) is 0 Å². The topological polar surface area (TPSA) is 122 Å². The molecule has 0 radical (unpaired) electrons. The summed E-state index contributed by atoms with van der Waals surface area (Å²) in [5, 5.41) is 17.6. The molecule has 2 N–H and O–H groups in total. The second-order valence-corrected chi connectivity index (χ2v) is 10.5. The van der Waals surface area contributed by atoms with E-state index in [-0.39, 0.29) is 23.1 Å². The number of ketones is 1. The van der Waals surface area contributed by atoms with Crippen molar-refractivity contribution in [2.45, 2.75) is 36.8 Å². The van der Waals surface area contributed by atoms with Crippen LogP contribution in [-0.2, 0) is 20.5 Å². The molecule has 0 bridgehead atoms. The predicted molar refractivity (Wildman–Crippen MR) is 139 cm³/mol. The van der Waals surface area contributed by atoms with E-state index in [0.29, 0.717) is 35.5 Å². The van der Waals surface area contributed by atoms with Crippen molar-refractivity contribution in [2.75, 3.05) is 17.2 Å². The van der Waals surface area contributed by atoms with E-state index in [9.17, 15) is 24.5 Å². The number of rotatable bonds is 3. The van der Waals surface area contributed by atoms with Gasteiger partial charge in [0, 0.05) is 40.7 Å². The van der Waals surface area contributed by atoms with E-state index >= 15 is 0 Å². The molecule has 7 rings (SSSR count). The smallest absolute Gasteiger partial charge is 0.270 e. The normalized spacial score (nSPS) is 28.8. The van der Waals surface area contributed by atoms with E-state index < -0.39 is 33.6 Å². The zero-order chi connectivity index (χ0) is 26.4. The molecule has 0 unspecified atom stereocenters. The van der Waals surface area contributed by atoms with E-state index in [2.05, 4.69) is 15.5 Å². The maximum atomic E-state index is 14.8. The molecule has 2 spiro atoms. The Kier molecular flexibility index (Phi) is 4.55. The van der Waals surface area contributed by atoms with E-state index in [1.165, 1.54) is 24.3 Å². The van der Waals surface area contributed by atoms with Crippen molar-refractivity contribution in [3.05, 3.63) is 99.1 Å². The summed E-state index contributed by atoms with van der Waals surface area (Å²) < 4.78 is 0. The summed E-state index contributed by atoms with van der Waals surface area (Å²) in [4.78, 5) is 56.4. The highest BCUT2D eigenvalue weighted by atomic mass is 16.6. The number of non-ortho nitro benzene ring substituents is 1. The first kappa shape index (κ1) is 22.8. The van der Waals surface area contributed by atoms with Crippen LogP contribution in [0.4, 0.5) is 17.1 Å². The molecular weight excluding hydrogens is 484 g/mol. The van der Waals surface area contributed by atoms with Gasteiger partial charge in [-0.3, -0.25) is 29.4 Å². The summed E-state index contributed by atoms with van der Waals surface area (Å²) in [6, 6.07) is 18.1. The van der Waals surface area contributed by atoms with Gasteiger partial charge in [-0.25, -0.2) is 0 Å². The molecule has 4 aliphatic heterocycles. The fourth-order valence-corrected chi connectivity index (χ4v) is 7.66. The Hall–Kier alpha value is -4.37.